The van der Waals surface area contributed by atoms with E-state index in [-0.39, 0.29) is 6.42 Å². The number of hydrogen-bond acceptors (Lipinski definition) is 3. The van der Waals surface area contributed by atoms with Crippen LogP contribution in [0, 0.1) is 11.3 Å². The quantitative estimate of drug-likeness (QED) is 0.536. The van der Waals surface area contributed by atoms with E-state index in [4.69, 9.17) is 11.1 Å². The highest BCUT2D eigenvalue weighted by molar-refractivity contribution is 6.01. The molecule has 0 aliphatic rings. The summed E-state index contributed by atoms with van der Waals surface area (Å²) in [6.07, 6.45) is -4.13. The van der Waals surface area contributed by atoms with Gasteiger partial charge in [0.15, 0.2) is 0 Å². The van der Waals surface area contributed by atoms with Crippen molar-refractivity contribution in [3.63, 3.8) is 0 Å². The highest BCUT2D eigenvalue weighted by Gasteiger charge is 2.30. The molecular weight excluding hydrogens is 291 g/mol. The maximum absolute atomic E-state index is 12.7. The highest BCUT2D eigenvalue weighted by Crippen LogP contribution is 2.29. The normalized spacial score (nSPS) is 12.0. The number of rotatable bonds is 3. The zero-order chi connectivity index (χ0) is 16.2. The van der Waals surface area contributed by atoms with Gasteiger partial charge in [-0.25, -0.2) is 0 Å². The van der Waals surface area contributed by atoms with Crippen LogP contribution in [0.15, 0.2) is 53.6 Å². The summed E-state index contributed by atoms with van der Waals surface area (Å²) in [5.74, 6) is 5.32. The van der Waals surface area contributed by atoms with Crippen molar-refractivity contribution in [2.75, 3.05) is 0 Å². The Morgan fingerprint density at radius 2 is 1.82 bits per heavy atom. The lowest BCUT2D eigenvalue weighted by molar-refractivity contribution is -0.137. The van der Waals surface area contributed by atoms with E-state index < -0.39 is 11.7 Å². The Kier molecular flexibility index (Phi) is 4.47. The molecule has 0 aromatic heterocycles. The number of benzene rings is 2. The van der Waals surface area contributed by atoms with Crippen LogP contribution in [0.5, 0.6) is 0 Å². The van der Waals surface area contributed by atoms with Gasteiger partial charge >= 0.3 is 6.18 Å². The molecule has 0 aliphatic heterocycles. The van der Waals surface area contributed by atoms with E-state index in [9.17, 15) is 13.2 Å². The van der Waals surface area contributed by atoms with Crippen LogP contribution in [0.25, 0.3) is 0 Å². The molecular formula is C16H12F3N3. The van der Waals surface area contributed by atoms with Gasteiger partial charge in [-0.05, 0) is 35.4 Å². The third-order valence-electron chi connectivity index (χ3n) is 3.13. The lowest BCUT2D eigenvalue weighted by Gasteiger charge is -2.10. The van der Waals surface area contributed by atoms with Gasteiger partial charge in [0.1, 0.15) is 0 Å². The Balaban J connectivity index is 2.27. The molecule has 6 heteroatoms. The van der Waals surface area contributed by atoms with Gasteiger partial charge in [-0.1, -0.05) is 24.3 Å². The predicted molar refractivity (Wildman–Crippen MR) is 77.0 cm³/mol. The number of hydrazone groups is 1. The Bertz CT molecular complexity index is 726. The first kappa shape index (κ1) is 15.6. The number of nitrogens with two attached hydrogens (primary N) is 1. The van der Waals surface area contributed by atoms with Gasteiger partial charge in [-0.15, -0.1) is 0 Å². The molecule has 0 atom stereocenters. The van der Waals surface area contributed by atoms with Crippen LogP contribution in [-0.4, -0.2) is 5.71 Å². The standard InChI is InChI=1S/C16H12F3N3/c17-16(18,19)14-3-1-2-13(9-14)15(22-21)8-11-4-6-12(10-20)7-5-11/h1-7,9H,8,21H2/b22-15-. The first-order chi connectivity index (χ1) is 10.4. The van der Waals surface area contributed by atoms with Crippen molar-refractivity contribution in [3.8, 4) is 6.07 Å². The monoisotopic (exact) mass is 303 g/mol. The fourth-order valence-electron chi connectivity index (χ4n) is 1.99. The van der Waals surface area contributed by atoms with Gasteiger partial charge in [0, 0.05) is 6.42 Å². The van der Waals surface area contributed by atoms with E-state index in [0.29, 0.717) is 16.8 Å². The molecule has 22 heavy (non-hydrogen) atoms. The zero-order valence-corrected chi connectivity index (χ0v) is 11.4. The largest absolute Gasteiger partial charge is 0.416 e. The molecule has 0 bridgehead atoms. The van der Waals surface area contributed by atoms with Crippen LogP contribution >= 0.6 is 0 Å². The second kappa shape index (κ2) is 6.31. The maximum Gasteiger partial charge on any atom is 0.416 e. The molecule has 0 unspecified atom stereocenters. The minimum atomic E-state index is -4.41. The summed E-state index contributed by atoms with van der Waals surface area (Å²) < 4.78 is 38.2. The summed E-state index contributed by atoms with van der Waals surface area (Å²) in [7, 11) is 0. The average molecular weight is 303 g/mol. The molecule has 2 aromatic carbocycles. The van der Waals surface area contributed by atoms with Gasteiger partial charge in [0.05, 0.1) is 22.9 Å². The lowest BCUT2D eigenvalue weighted by atomic mass is 9.99. The second-order valence-electron chi connectivity index (χ2n) is 4.64. The highest BCUT2D eigenvalue weighted by atomic mass is 19.4. The molecule has 2 N–H and O–H groups in total. The van der Waals surface area contributed by atoms with E-state index in [1.165, 1.54) is 12.1 Å². The maximum atomic E-state index is 12.7. The van der Waals surface area contributed by atoms with Crippen LogP contribution in [-0.2, 0) is 12.6 Å². The molecule has 0 aliphatic carbocycles. The van der Waals surface area contributed by atoms with E-state index in [2.05, 4.69) is 5.10 Å². The molecule has 0 amide bonds. The van der Waals surface area contributed by atoms with Crippen LogP contribution in [0.4, 0.5) is 13.2 Å². The van der Waals surface area contributed by atoms with Crippen LogP contribution in [0.1, 0.15) is 22.3 Å². The molecule has 0 saturated carbocycles. The van der Waals surface area contributed by atoms with E-state index in [0.717, 1.165) is 17.7 Å². The van der Waals surface area contributed by atoms with Crippen LogP contribution in [0.2, 0.25) is 0 Å². The zero-order valence-electron chi connectivity index (χ0n) is 11.4. The number of hydrogen-bond donors (Lipinski definition) is 1. The predicted octanol–water partition coefficient (Wildman–Crippen LogP) is 3.48. The summed E-state index contributed by atoms with van der Waals surface area (Å²) in [5.41, 5.74) is 1.23. The van der Waals surface area contributed by atoms with Gasteiger partial charge in [0.2, 0.25) is 0 Å². The van der Waals surface area contributed by atoms with Crippen molar-refractivity contribution in [2.24, 2.45) is 10.9 Å². The Labute approximate surface area is 125 Å². The molecule has 0 heterocycles. The molecule has 0 saturated heterocycles. The van der Waals surface area contributed by atoms with Crippen molar-refractivity contribution in [3.05, 3.63) is 70.8 Å². The number of halogens is 3. The Morgan fingerprint density at radius 1 is 1.14 bits per heavy atom. The van der Waals surface area contributed by atoms with Gasteiger partial charge in [-0.2, -0.15) is 23.5 Å². The molecule has 0 fully saturated rings. The van der Waals surface area contributed by atoms with Gasteiger partial charge in [-0.3, -0.25) is 0 Å². The van der Waals surface area contributed by atoms with Crippen molar-refractivity contribution in [2.45, 2.75) is 12.6 Å². The van der Waals surface area contributed by atoms with Gasteiger partial charge in [0.25, 0.3) is 0 Å². The van der Waals surface area contributed by atoms with E-state index in [1.54, 1.807) is 24.3 Å². The topological polar surface area (TPSA) is 62.2 Å². The van der Waals surface area contributed by atoms with Crippen LogP contribution in [0.3, 0.4) is 0 Å². The SMILES string of the molecule is N#Cc1ccc(C/C(=N/N)c2cccc(C(F)(F)F)c2)cc1. The average Bonchev–Trinajstić information content (AvgIpc) is 2.52. The fraction of sp³-hybridized carbons (Fsp3) is 0.125. The van der Waals surface area contributed by atoms with Crippen LogP contribution < -0.4 is 5.84 Å². The third-order valence-corrected chi connectivity index (χ3v) is 3.13. The van der Waals surface area contributed by atoms with Crippen molar-refractivity contribution in [1.82, 2.24) is 0 Å². The summed E-state index contributed by atoms with van der Waals surface area (Å²) in [6.45, 7) is 0. The second-order valence-corrected chi connectivity index (χ2v) is 4.64. The first-order valence-electron chi connectivity index (χ1n) is 6.37. The van der Waals surface area contributed by atoms with E-state index in [1.807, 2.05) is 6.07 Å². The summed E-state index contributed by atoms with van der Waals surface area (Å²) in [4.78, 5) is 0. The lowest BCUT2D eigenvalue weighted by Crippen LogP contribution is -2.11. The molecule has 112 valence electrons. The van der Waals surface area contributed by atoms with Gasteiger partial charge < -0.3 is 5.84 Å². The van der Waals surface area contributed by atoms with E-state index >= 15 is 0 Å². The minimum absolute atomic E-state index is 0.281. The summed E-state index contributed by atoms with van der Waals surface area (Å²) in [5, 5.41) is 12.3. The molecule has 3 nitrogen and oxygen atoms in total. The van der Waals surface area contributed by atoms with Crippen molar-refractivity contribution < 1.29 is 13.2 Å². The number of nitriles is 1. The molecule has 0 radical (unpaired) electrons. The molecule has 0 spiro atoms. The first-order valence-corrected chi connectivity index (χ1v) is 6.37. The minimum Gasteiger partial charge on any atom is -0.323 e. The summed E-state index contributed by atoms with van der Waals surface area (Å²) in [6, 6.07) is 13.6. The fourth-order valence-corrected chi connectivity index (χ4v) is 1.99. The summed E-state index contributed by atoms with van der Waals surface area (Å²) >= 11 is 0. The number of nitrogens with zero attached hydrogens (tertiary/aromatic N) is 2. The third kappa shape index (κ3) is 3.64. The Hall–Kier alpha value is -2.81. The molecule has 2 rings (SSSR count). The Morgan fingerprint density at radius 3 is 2.36 bits per heavy atom. The van der Waals surface area contributed by atoms with Crippen molar-refractivity contribution in [1.29, 1.82) is 5.26 Å². The van der Waals surface area contributed by atoms with Crippen molar-refractivity contribution >= 4 is 5.71 Å². The number of alkyl halides is 3. The molecule has 2 aromatic rings. The smallest absolute Gasteiger partial charge is 0.323 e.